The molecule has 2 heterocycles. The smallest absolute Gasteiger partial charge is 0.133 e. The van der Waals surface area contributed by atoms with Gasteiger partial charge in [0, 0.05) is 37.9 Å². The van der Waals surface area contributed by atoms with Crippen LogP contribution in [0.2, 0.25) is 0 Å². The summed E-state index contributed by atoms with van der Waals surface area (Å²) in [7, 11) is 1.94. The number of hydrogen-bond acceptors (Lipinski definition) is 4. The van der Waals surface area contributed by atoms with E-state index in [1.807, 2.05) is 36.1 Å². The van der Waals surface area contributed by atoms with Crippen LogP contribution in [0.1, 0.15) is 28.7 Å². The molecule has 1 N–H and O–H groups in total. The average molecular weight is 325 g/mol. The lowest BCUT2D eigenvalue weighted by Gasteiger charge is -2.24. The third-order valence-electron chi connectivity index (χ3n) is 4.28. The summed E-state index contributed by atoms with van der Waals surface area (Å²) in [6, 6.07) is 13.9. The molecule has 0 radical (unpaired) electrons. The van der Waals surface area contributed by atoms with Gasteiger partial charge in [0.1, 0.15) is 11.9 Å². The molecular weight excluding hydrogens is 302 g/mol. The highest BCUT2D eigenvalue weighted by Gasteiger charge is 2.18. The van der Waals surface area contributed by atoms with Crippen molar-refractivity contribution < 1.29 is 9.52 Å². The van der Waals surface area contributed by atoms with E-state index >= 15 is 0 Å². The first-order valence-corrected chi connectivity index (χ1v) is 8.08. The predicted octanol–water partition coefficient (Wildman–Crippen LogP) is 3.06. The molecule has 0 aliphatic rings. The van der Waals surface area contributed by atoms with Crippen LogP contribution in [0.25, 0.3) is 0 Å². The number of aliphatic hydroxyl groups is 1. The van der Waals surface area contributed by atoms with Gasteiger partial charge in [-0.05, 0) is 24.6 Å². The Kier molecular flexibility index (Phi) is 5.13. The second kappa shape index (κ2) is 7.47. The first-order valence-electron chi connectivity index (χ1n) is 8.08. The van der Waals surface area contributed by atoms with Crippen LogP contribution in [0.4, 0.5) is 0 Å². The molecule has 1 aromatic carbocycles. The lowest BCUT2D eigenvalue weighted by atomic mass is 10.1. The van der Waals surface area contributed by atoms with Gasteiger partial charge >= 0.3 is 0 Å². The van der Waals surface area contributed by atoms with Crippen molar-refractivity contribution in [3.05, 3.63) is 77.5 Å². The molecule has 0 spiro atoms. The minimum atomic E-state index is -0.652. The zero-order valence-corrected chi connectivity index (χ0v) is 14.1. The minimum absolute atomic E-state index is 0.497. The Morgan fingerprint density at radius 2 is 1.96 bits per heavy atom. The third kappa shape index (κ3) is 3.93. The SMILES string of the molecule is Cc1c(CN(Cc2ccccc2)CC(O)c2ccco2)cnn1C. The van der Waals surface area contributed by atoms with Gasteiger partial charge in [0.2, 0.25) is 0 Å². The second-order valence-electron chi connectivity index (χ2n) is 6.07. The Labute approximate surface area is 142 Å². The van der Waals surface area contributed by atoms with Crippen LogP contribution in [-0.2, 0) is 20.1 Å². The third-order valence-corrected chi connectivity index (χ3v) is 4.28. The van der Waals surface area contributed by atoms with Crippen molar-refractivity contribution in [3.63, 3.8) is 0 Å². The van der Waals surface area contributed by atoms with Crippen molar-refractivity contribution in [3.8, 4) is 0 Å². The monoisotopic (exact) mass is 325 g/mol. The molecule has 0 aliphatic carbocycles. The van der Waals surface area contributed by atoms with Crippen molar-refractivity contribution in [2.75, 3.05) is 6.54 Å². The lowest BCUT2D eigenvalue weighted by Crippen LogP contribution is -2.28. The van der Waals surface area contributed by atoms with Crippen LogP contribution in [0.5, 0.6) is 0 Å². The normalized spacial score (nSPS) is 12.7. The number of aliphatic hydroxyl groups excluding tert-OH is 1. The van der Waals surface area contributed by atoms with Crippen LogP contribution in [0, 0.1) is 6.92 Å². The molecule has 3 aromatic rings. The number of nitrogens with zero attached hydrogens (tertiary/aromatic N) is 3. The lowest BCUT2D eigenvalue weighted by molar-refractivity contribution is 0.0872. The van der Waals surface area contributed by atoms with Gasteiger partial charge in [-0.25, -0.2) is 0 Å². The highest BCUT2D eigenvalue weighted by molar-refractivity contribution is 5.18. The van der Waals surface area contributed by atoms with Crippen molar-refractivity contribution in [2.24, 2.45) is 7.05 Å². The second-order valence-corrected chi connectivity index (χ2v) is 6.07. The predicted molar refractivity (Wildman–Crippen MR) is 92.2 cm³/mol. The number of aryl methyl sites for hydroxylation is 1. The average Bonchev–Trinajstić information content (AvgIpc) is 3.22. The summed E-state index contributed by atoms with van der Waals surface area (Å²) in [4.78, 5) is 2.21. The minimum Gasteiger partial charge on any atom is -0.467 e. The first-order chi connectivity index (χ1) is 11.6. The van der Waals surface area contributed by atoms with Gasteiger partial charge < -0.3 is 9.52 Å². The Bertz CT molecular complexity index is 750. The van der Waals surface area contributed by atoms with E-state index in [0.29, 0.717) is 12.3 Å². The van der Waals surface area contributed by atoms with E-state index in [-0.39, 0.29) is 0 Å². The molecule has 126 valence electrons. The Morgan fingerprint density at radius 1 is 1.17 bits per heavy atom. The molecule has 0 fully saturated rings. The Morgan fingerprint density at radius 3 is 2.58 bits per heavy atom. The number of furan rings is 1. The number of hydrogen-bond donors (Lipinski definition) is 1. The number of aromatic nitrogens is 2. The fraction of sp³-hybridized carbons (Fsp3) is 0.316. The fourth-order valence-electron chi connectivity index (χ4n) is 2.78. The molecule has 1 unspecified atom stereocenters. The molecule has 5 heteroatoms. The first kappa shape index (κ1) is 16.5. The van der Waals surface area contributed by atoms with Gasteiger partial charge in [-0.15, -0.1) is 0 Å². The van der Waals surface area contributed by atoms with E-state index in [4.69, 9.17) is 4.42 Å². The maximum atomic E-state index is 10.5. The zero-order chi connectivity index (χ0) is 16.9. The van der Waals surface area contributed by atoms with Crippen LogP contribution in [0.3, 0.4) is 0 Å². The molecule has 0 saturated carbocycles. The van der Waals surface area contributed by atoms with E-state index in [0.717, 1.165) is 18.8 Å². The van der Waals surface area contributed by atoms with E-state index in [1.54, 1.807) is 18.4 Å². The van der Waals surface area contributed by atoms with Crippen molar-refractivity contribution in [2.45, 2.75) is 26.1 Å². The highest BCUT2D eigenvalue weighted by atomic mass is 16.4. The highest BCUT2D eigenvalue weighted by Crippen LogP contribution is 2.19. The van der Waals surface area contributed by atoms with Gasteiger partial charge in [0.05, 0.1) is 12.5 Å². The van der Waals surface area contributed by atoms with Gasteiger partial charge in [-0.1, -0.05) is 30.3 Å². The van der Waals surface area contributed by atoms with Crippen molar-refractivity contribution in [1.82, 2.24) is 14.7 Å². The molecule has 0 aliphatic heterocycles. The molecule has 3 rings (SSSR count). The molecule has 2 aromatic heterocycles. The van der Waals surface area contributed by atoms with Gasteiger partial charge in [0.25, 0.3) is 0 Å². The molecule has 0 bridgehead atoms. The van der Waals surface area contributed by atoms with E-state index in [1.165, 1.54) is 11.1 Å². The molecule has 0 saturated heterocycles. The van der Waals surface area contributed by atoms with Gasteiger partial charge in [-0.3, -0.25) is 9.58 Å². The summed E-state index contributed by atoms with van der Waals surface area (Å²) in [6.07, 6.45) is 2.83. The van der Waals surface area contributed by atoms with Crippen molar-refractivity contribution >= 4 is 0 Å². The number of benzene rings is 1. The standard InChI is InChI=1S/C19H23N3O2/c1-15-17(11-20-21(15)2)13-22(12-16-7-4-3-5-8-16)14-18(23)19-9-6-10-24-19/h3-11,18,23H,12-14H2,1-2H3. The maximum Gasteiger partial charge on any atom is 0.133 e. The number of rotatable bonds is 7. The van der Waals surface area contributed by atoms with Gasteiger partial charge in [0.15, 0.2) is 0 Å². The molecular formula is C19H23N3O2. The van der Waals surface area contributed by atoms with E-state index in [2.05, 4.69) is 29.1 Å². The topological polar surface area (TPSA) is 54.4 Å². The molecule has 0 amide bonds. The molecule has 5 nitrogen and oxygen atoms in total. The summed E-state index contributed by atoms with van der Waals surface area (Å²) >= 11 is 0. The summed E-state index contributed by atoms with van der Waals surface area (Å²) < 4.78 is 7.21. The summed E-state index contributed by atoms with van der Waals surface area (Å²) in [5.74, 6) is 0.593. The van der Waals surface area contributed by atoms with E-state index in [9.17, 15) is 5.11 Å². The molecule has 24 heavy (non-hydrogen) atoms. The quantitative estimate of drug-likeness (QED) is 0.725. The largest absolute Gasteiger partial charge is 0.467 e. The van der Waals surface area contributed by atoms with Crippen LogP contribution in [-0.4, -0.2) is 26.3 Å². The summed E-state index contributed by atoms with van der Waals surface area (Å²) in [6.45, 7) is 4.04. The summed E-state index contributed by atoms with van der Waals surface area (Å²) in [5.41, 5.74) is 3.52. The molecule has 1 atom stereocenters. The van der Waals surface area contributed by atoms with Crippen LogP contribution < -0.4 is 0 Å². The van der Waals surface area contributed by atoms with Crippen molar-refractivity contribution in [1.29, 1.82) is 0 Å². The Balaban J connectivity index is 1.76. The maximum absolute atomic E-state index is 10.5. The van der Waals surface area contributed by atoms with Crippen LogP contribution >= 0.6 is 0 Å². The van der Waals surface area contributed by atoms with Gasteiger partial charge in [-0.2, -0.15) is 5.10 Å². The van der Waals surface area contributed by atoms with Crippen LogP contribution in [0.15, 0.2) is 59.3 Å². The Hall–Kier alpha value is -2.37. The summed E-state index contributed by atoms with van der Waals surface area (Å²) in [5, 5.41) is 14.8. The van der Waals surface area contributed by atoms with E-state index < -0.39 is 6.10 Å². The zero-order valence-electron chi connectivity index (χ0n) is 14.1. The fourth-order valence-corrected chi connectivity index (χ4v) is 2.78.